The number of hydrogen-bond donors (Lipinski definition) is 0. The molecule has 0 amide bonds. The maximum absolute atomic E-state index is 10.9. The molecule has 5 nitrogen and oxygen atoms in total. The van der Waals surface area contributed by atoms with Gasteiger partial charge in [0.2, 0.25) is 0 Å². The first kappa shape index (κ1) is 21.4. The van der Waals surface area contributed by atoms with E-state index in [9.17, 15) is 4.79 Å². The molecule has 5 heteroatoms. The number of carbonyl (C=O) groups excluding carboxylic acids is 1. The Bertz CT molecular complexity index is 952. The summed E-state index contributed by atoms with van der Waals surface area (Å²) in [6, 6.07) is 22.2. The van der Waals surface area contributed by atoms with Crippen molar-refractivity contribution in [3.8, 4) is 11.5 Å². The molecule has 0 spiro atoms. The molecule has 0 bridgehead atoms. The Morgan fingerprint density at radius 3 is 2.03 bits per heavy atom. The minimum Gasteiger partial charge on any atom is -0.493 e. The highest BCUT2D eigenvalue weighted by atomic mass is 16.6. The van der Waals surface area contributed by atoms with Gasteiger partial charge in [0.15, 0.2) is 0 Å². The van der Waals surface area contributed by atoms with Crippen molar-refractivity contribution in [2.45, 2.75) is 6.42 Å². The van der Waals surface area contributed by atoms with Crippen molar-refractivity contribution in [1.29, 1.82) is 0 Å². The molecule has 3 rings (SSSR count). The summed E-state index contributed by atoms with van der Waals surface area (Å²) in [5.74, 6) is 1.17. The summed E-state index contributed by atoms with van der Waals surface area (Å²) >= 11 is 0. The standard InChI is InChI=1S/C25H26O5/c1-2-25(26)30-19-17-27-16-18-29-24-13-7-10-21-22(24)11-6-12-23(21)28-15-14-20-8-4-3-5-9-20/h2-13H,1,14-19H2. The van der Waals surface area contributed by atoms with Gasteiger partial charge in [-0.15, -0.1) is 0 Å². The van der Waals surface area contributed by atoms with Crippen molar-refractivity contribution in [2.24, 2.45) is 0 Å². The molecule has 0 aliphatic heterocycles. The summed E-state index contributed by atoms with van der Waals surface area (Å²) in [4.78, 5) is 10.9. The number of benzene rings is 3. The second-order valence-electron chi connectivity index (χ2n) is 6.52. The molecule has 0 unspecified atom stereocenters. The Balaban J connectivity index is 1.51. The van der Waals surface area contributed by atoms with Crippen LogP contribution in [0.15, 0.2) is 79.4 Å². The van der Waals surface area contributed by atoms with Crippen LogP contribution in [0, 0.1) is 0 Å². The van der Waals surface area contributed by atoms with Crippen molar-refractivity contribution in [3.05, 3.63) is 84.9 Å². The van der Waals surface area contributed by atoms with Gasteiger partial charge in [-0.3, -0.25) is 0 Å². The van der Waals surface area contributed by atoms with E-state index in [1.807, 2.05) is 54.6 Å². The van der Waals surface area contributed by atoms with E-state index in [1.165, 1.54) is 5.56 Å². The molecular formula is C25H26O5. The van der Waals surface area contributed by atoms with Gasteiger partial charge in [0.05, 0.1) is 19.8 Å². The predicted octanol–water partition coefficient (Wildman–Crippen LogP) is 4.59. The molecule has 0 radical (unpaired) electrons. The van der Waals surface area contributed by atoms with Gasteiger partial charge in [0.25, 0.3) is 0 Å². The fraction of sp³-hybridized carbons (Fsp3) is 0.240. The summed E-state index contributed by atoms with van der Waals surface area (Å²) in [5.41, 5.74) is 1.25. The number of esters is 1. The third kappa shape index (κ3) is 6.36. The Labute approximate surface area is 176 Å². The number of ether oxygens (including phenoxy) is 4. The molecule has 3 aromatic carbocycles. The lowest BCUT2D eigenvalue weighted by Gasteiger charge is -2.13. The maximum atomic E-state index is 10.9. The Morgan fingerprint density at radius 2 is 1.37 bits per heavy atom. The van der Waals surface area contributed by atoms with Gasteiger partial charge in [-0.25, -0.2) is 4.79 Å². The van der Waals surface area contributed by atoms with Gasteiger partial charge in [0.1, 0.15) is 24.7 Å². The molecular weight excluding hydrogens is 380 g/mol. The zero-order valence-electron chi connectivity index (χ0n) is 16.9. The van der Waals surface area contributed by atoms with Crippen molar-refractivity contribution in [2.75, 3.05) is 33.0 Å². The second kappa shape index (κ2) is 11.6. The first-order valence-corrected chi connectivity index (χ1v) is 9.96. The lowest BCUT2D eigenvalue weighted by Crippen LogP contribution is -2.12. The lowest BCUT2D eigenvalue weighted by molar-refractivity contribution is -0.139. The fourth-order valence-corrected chi connectivity index (χ4v) is 3.00. The van der Waals surface area contributed by atoms with E-state index < -0.39 is 5.97 Å². The normalized spacial score (nSPS) is 10.5. The second-order valence-corrected chi connectivity index (χ2v) is 6.52. The molecule has 0 saturated carbocycles. The molecule has 0 atom stereocenters. The average molecular weight is 406 g/mol. The summed E-state index contributed by atoms with van der Waals surface area (Å²) < 4.78 is 22.2. The summed E-state index contributed by atoms with van der Waals surface area (Å²) in [6.45, 7) is 5.26. The Hall–Kier alpha value is -3.31. The lowest BCUT2D eigenvalue weighted by atomic mass is 10.1. The van der Waals surface area contributed by atoms with Gasteiger partial charge < -0.3 is 18.9 Å². The summed E-state index contributed by atoms with van der Waals surface area (Å²) in [6.07, 6.45) is 1.98. The molecule has 0 heterocycles. The zero-order valence-corrected chi connectivity index (χ0v) is 16.9. The van der Waals surface area contributed by atoms with Crippen LogP contribution >= 0.6 is 0 Å². The Kier molecular flexibility index (Phi) is 8.30. The largest absolute Gasteiger partial charge is 0.493 e. The van der Waals surface area contributed by atoms with Crippen molar-refractivity contribution in [1.82, 2.24) is 0 Å². The number of hydrogen-bond acceptors (Lipinski definition) is 5. The highest BCUT2D eigenvalue weighted by molar-refractivity contribution is 5.93. The molecule has 0 aromatic heterocycles. The topological polar surface area (TPSA) is 54.0 Å². The van der Waals surface area contributed by atoms with Crippen molar-refractivity contribution < 1.29 is 23.7 Å². The van der Waals surface area contributed by atoms with Gasteiger partial charge in [-0.1, -0.05) is 61.2 Å². The van der Waals surface area contributed by atoms with Crippen LogP contribution in [0.4, 0.5) is 0 Å². The van der Waals surface area contributed by atoms with Crippen LogP contribution < -0.4 is 9.47 Å². The minimum absolute atomic E-state index is 0.197. The van der Waals surface area contributed by atoms with Gasteiger partial charge in [0, 0.05) is 23.3 Å². The molecule has 0 aliphatic carbocycles. The van der Waals surface area contributed by atoms with Crippen LogP contribution in [-0.4, -0.2) is 39.0 Å². The van der Waals surface area contributed by atoms with Crippen molar-refractivity contribution >= 4 is 16.7 Å². The van der Waals surface area contributed by atoms with E-state index >= 15 is 0 Å². The zero-order chi connectivity index (χ0) is 21.0. The van der Waals surface area contributed by atoms with Crippen LogP contribution in [0.2, 0.25) is 0 Å². The van der Waals surface area contributed by atoms with Crippen LogP contribution in [0.1, 0.15) is 5.56 Å². The SMILES string of the molecule is C=CC(=O)OCCOCCOc1cccc2c(OCCc3ccccc3)cccc12. The highest BCUT2D eigenvalue weighted by Crippen LogP contribution is 2.32. The van der Waals surface area contributed by atoms with Crippen molar-refractivity contribution in [3.63, 3.8) is 0 Å². The summed E-state index contributed by atoms with van der Waals surface area (Å²) in [5, 5.41) is 2.01. The van der Waals surface area contributed by atoms with Crippen LogP contribution in [0.25, 0.3) is 10.8 Å². The first-order valence-electron chi connectivity index (χ1n) is 9.96. The van der Waals surface area contributed by atoms with E-state index in [0.29, 0.717) is 26.4 Å². The van der Waals surface area contributed by atoms with Crippen LogP contribution in [0.5, 0.6) is 11.5 Å². The number of carbonyl (C=O) groups is 1. The molecule has 3 aromatic rings. The van der Waals surface area contributed by atoms with E-state index in [0.717, 1.165) is 34.8 Å². The first-order chi connectivity index (χ1) is 14.8. The van der Waals surface area contributed by atoms with E-state index in [1.54, 1.807) is 0 Å². The molecule has 30 heavy (non-hydrogen) atoms. The van der Waals surface area contributed by atoms with Gasteiger partial charge >= 0.3 is 5.97 Å². The highest BCUT2D eigenvalue weighted by Gasteiger charge is 2.07. The Morgan fingerprint density at radius 1 is 0.733 bits per heavy atom. The number of rotatable bonds is 12. The smallest absolute Gasteiger partial charge is 0.330 e. The predicted molar refractivity (Wildman–Crippen MR) is 117 cm³/mol. The quantitative estimate of drug-likeness (QED) is 0.250. The third-order valence-corrected chi connectivity index (χ3v) is 4.46. The van der Waals surface area contributed by atoms with Crippen LogP contribution in [-0.2, 0) is 20.7 Å². The molecule has 0 fully saturated rings. The molecule has 0 aliphatic rings. The number of fused-ring (bicyclic) bond motifs is 1. The summed E-state index contributed by atoms with van der Waals surface area (Å²) in [7, 11) is 0. The molecule has 0 saturated heterocycles. The van der Waals surface area contributed by atoms with E-state index in [-0.39, 0.29) is 6.61 Å². The third-order valence-electron chi connectivity index (χ3n) is 4.46. The fourth-order valence-electron chi connectivity index (χ4n) is 3.00. The van der Waals surface area contributed by atoms with Crippen LogP contribution in [0.3, 0.4) is 0 Å². The van der Waals surface area contributed by atoms with Gasteiger partial charge in [-0.2, -0.15) is 0 Å². The monoisotopic (exact) mass is 406 g/mol. The minimum atomic E-state index is -0.451. The maximum Gasteiger partial charge on any atom is 0.330 e. The van der Waals surface area contributed by atoms with E-state index in [4.69, 9.17) is 18.9 Å². The average Bonchev–Trinajstić information content (AvgIpc) is 2.79. The molecule has 156 valence electrons. The molecule has 0 N–H and O–H groups in total. The van der Waals surface area contributed by atoms with E-state index in [2.05, 4.69) is 18.7 Å². The van der Waals surface area contributed by atoms with Gasteiger partial charge in [-0.05, 0) is 17.7 Å².